The first kappa shape index (κ1) is 13.0. The molecule has 0 fully saturated rings. The number of halogens is 3. The Morgan fingerprint density at radius 1 is 1.19 bits per heavy atom. The van der Waals surface area contributed by atoms with Crippen LogP contribution in [0, 0.1) is 0 Å². The minimum Gasteiger partial charge on any atom is -0.388 e. The van der Waals surface area contributed by atoms with E-state index in [0.29, 0.717) is 24.9 Å². The second-order valence-corrected chi connectivity index (χ2v) is 3.57. The number of hydrogen-bond acceptors (Lipinski definition) is 2. The average molecular weight is 233 g/mol. The number of nitrogens with two attached hydrogens (primary N) is 1. The molecule has 0 aliphatic heterocycles. The van der Waals surface area contributed by atoms with E-state index in [2.05, 4.69) is 0 Å². The lowest BCUT2D eigenvalue weighted by Crippen LogP contribution is -2.06. The lowest BCUT2D eigenvalue weighted by atomic mass is 10.0. The maximum absolute atomic E-state index is 12.2. The van der Waals surface area contributed by atoms with Crippen LogP contribution in [0.5, 0.6) is 0 Å². The van der Waals surface area contributed by atoms with Crippen molar-refractivity contribution in [3.05, 3.63) is 35.4 Å². The van der Waals surface area contributed by atoms with E-state index in [-0.39, 0.29) is 0 Å². The summed E-state index contributed by atoms with van der Waals surface area (Å²) in [6.45, 7) is 0.456. The van der Waals surface area contributed by atoms with E-state index in [1.165, 1.54) is 12.1 Å². The zero-order chi connectivity index (χ0) is 12.2. The molecule has 0 saturated carbocycles. The van der Waals surface area contributed by atoms with E-state index in [1.807, 2.05) is 0 Å². The first-order chi connectivity index (χ1) is 7.45. The Bertz CT molecular complexity index is 321. The summed E-state index contributed by atoms with van der Waals surface area (Å²) < 4.78 is 36.7. The fourth-order valence-electron chi connectivity index (χ4n) is 1.37. The van der Waals surface area contributed by atoms with Crippen molar-refractivity contribution in [1.29, 1.82) is 0 Å². The molecule has 5 heteroatoms. The van der Waals surface area contributed by atoms with E-state index < -0.39 is 17.8 Å². The third-order valence-electron chi connectivity index (χ3n) is 2.30. The van der Waals surface area contributed by atoms with Crippen LogP contribution in [0.3, 0.4) is 0 Å². The second kappa shape index (κ2) is 5.32. The maximum atomic E-state index is 12.2. The summed E-state index contributed by atoms with van der Waals surface area (Å²) in [5, 5.41) is 9.61. The van der Waals surface area contributed by atoms with Gasteiger partial charge in [0.2, 0.25) is 0 Å². The van der Waals surface area contributed by atoms with Crippen LogP contribution in [0.4, 0.5) is 13.2 Å². The molecule has 0 aromatic heterocycles. The van der Waals surface area contributed by atoms with Gasteiger partial charge in [0.25, 0.3) is 0 Å². The summed E-state index contributed by atoms with van der Waals surface area (Å²) in [5.74, 6) is 0. The molecule has 1 rings (SSSR count). The average Bonchev–Trinajstić information content (AvgIpc) is 2.25. The van der Waals surface area contributed by atoms with E-state index in [0.717, 1.165) is 12.1 Å². The molecule has 90 valence electrons. The summed E-state index contributed by atoms with van der Waals surface area (Å²) in [4.78, 5) is 0. The fourth-order valence-corrected chi connectivity index (χ4v) is 1.37. The van der Waals surface area contributed by atoms with Gasteiger partial charge >= 0.3 is 6.18 Å². The summed E-state index contributed by atoms with van der Waals surface area (Å²) in [6, 6.07) is 4.54. The van der Waals surface area contributed by atoms with Crippen molar-refractivity contribution in [3.8, 4) is 0 Å². The smallest absolute Gasteiger partial charge is 0.388 e. The van der Waals surface area contributed by atoms with Gasteiger partial charge in [0, 0.05) is 0 Å². The van der Waals surface area contributed by atoms with Crippen molar-refractivity contribution in [3.63, 3.8) is 0 Å². The molecular weight excluding hydrogens is 219 g/mol. The predicted molar refractivity (Wildman–Crippen MR) is 54.7 cm³/mol. The highest BCUT2D eigenvalue weighted by molar-refractivity contribution is 5.25. The van der Waals surface area contributed by atoms with Gasteiger partial charge < -0.3 is 10.8 Å². The standard InChI is InChI=1S/C11H14F3NO/c12-11(13,14)9-5-3-8(4-6-9)10(16)2-1-7-15/h3-6,10,16H,1-2,7,15H2. The second-order valence-electron chi connectivity index (χ2n) is 3.57. The number of rotatable bonds is 4. The van der Waals surface area contributed by atoms with Gasteiger partial charge in [-0.2, -0.15) is 13.2 Å². The van der Waals surface area contributed by atoms with E-state index in [1.54, 1.807) is 0 Å². The van der Waals surface area contributed by atoms with Gasteiger partial charge in [-0.3, -0.25) is 0 Å². The molecule has 16 heavy (non-hydrogen) atoms. The molecule has 0 heterocycles. The molecule has 1 atom stereocenters. The summed E-state index contributed by atoms with van der Waals surface area (Å²) in [5.41, 5.74) is 5.06. The molecule has 0 bridgehead atoms. The molecule has 1 unspecified atom stereocenters. The zero-order valence-electron chi connectivity index (χ0n) is 8.67. The van der Waals surface area contributed by atoms with Crippen molar-refractivity contribution >= 4 is 0 Å². The molecule has 0 amide bonds. The van der Waals surface area contributed by atoms with Crippen LogP contribution < -0.4 is 5.73 Å². The highest BCUT2D eigenvalue weighted by Crippen LogP contribution is 2.30. The largest absolute Gasteiger partial charge is 0.416 e. The van der Waals surface area contributed by atoms with Crippen LogP contribution in [0.2, 0.25) is 0 Å². The number of alkyl halides is 3. The number of hydrogen-bond donors (Lipinski definition) is 2. The molecule has 0 saturated heterocycles. The van der Waals surface area contributed by atoms with Gasteiger partial charge in [0.1, 0.15) is 0 Å². The normalized spacial score (nSPS) is 13.8. The van der Waals surface area contributed by atoms with Crippen LogP contribution >= 0.6 is 0 Å². The van der Waals surface area contributed by atoms with Crippen molar-refractivity contribution in [2.75, 3.05) is 6.54 Å². The molecule has 1 aromatic rings. The summed E-state index contributed by atoms with van der Waals surface area (Å²) in [7, 11) is 0. The van der Waals surface area contributed by atoms with Gasteiger partial charge in [-0.15, -0.1) is 0 Å². The Kier molecular flexibility index (Phi) is 4.32. The third kappa shape index (κ3) is 3.50. The Balaban J connectivity index is 2.71. The van der Waals surface area contributed by atoms with Crippen molar-refractivity contribution in [2.24, 2.45) is 5.73 Å². The van der Waals surface area contributed by atoms with Gasteiger partial charge in [-0.25, -0.2) is 0 Å². The van der Waals surface area contributed by atoms with Gasteiger partial charge in [0.15, 0.2) is 0 Å². The first-order valence-corrected chi connectivity index (χ1v) is 5.00. The molecule has 0 radical (unpaired) electrons. The Labute approximate surface area is 91.9 Å². The Morgan fingerprint density at radius 3 is 2.19 bits per heavy atom. The van der Waals surface area contributed by atoms with Gasteiger partial charge in [0.05, 0.1) is 11.7 Å². The van der Waals surface area contributed by atoms with Crippen molar-refractivity contribution in [1.82, 2.24) is 0 Å². The van der Waals surface area contributed by atoms with Crippen LogP contribution in [-0.2, 0) is 6.18 Å². The molecule has 3 N–H and O–H groups in total. The van der Waals surface area contributed by atoms with E-state index in [9.17, 15) is 18.3 Å². The van der Waals surface area contributed by atoms with Crippen LogP contribution in [-0.4, -0.2) is 11.7 Å². The van der Waals surface area contributed by atoms with Crippen molar-refractivity contribution in [2.45, 2.75) is 25.1 Å². The zero-order valence-corrected chi connectivity index (χ0v) is 8.67. The molecule has 0 aliphatic carbocycles. The van der Waals surface area contributed by atoms with Gasteiger partial charge in [-0.05, 0) is 37.1 Å². The molecule has 1 aromatic carbocycles. The van der Waals surface area contributed by atoms with Crippen LogP contribution in [0.15, 0.2) is 24.3 Å². The quantitative estimate of drug-likeness (QED) is 0.839. The highest BCUT2D eigenvalue weighted by atomic mass is 19.4. The maximum Gasteiger partial charge on any atom is 0.416 e. The Hall–Kier alpha value is -1.07. The predicted octanol–water partition coefficient (Wildman–Crippen LogP) is 2.48. The molecule has 0 aliphatic rings. The SMILES string of the molecule is NCCCC(O)c1ccc(C(F)(F)F)cc1. The van der Waals surface area contributed by atoms with Crippen LogP contribution in [0.25, 0.3) is 0 Å². The molecule has 0 spiro atoms. The Morgan fingerprint density at radius 2 is 1.75 bits per heavy atom. The monoisotopic (exact) mass is 233 g/mol. The topological polar surface area (TPSA) is 46.2 Å². The van der Waals surface area contributed by atoms with Crippen LogP contribution in [0.1, 0.15) is 30.1 Å². The van der Waals surface area contributed by atoms with E-state index >= 15 is 0 Å². The summed E-state index contributed by atoms with van der Waals surface area (Å²) >= 11 is 0. The first-order valence-electron chi connectivity index (χ1n) is 5.00. The molecule has 2 nitrogen and oxygen atoms in total. The van der Waals surface area contributed by atoms with Crippen molar-refractivity contribution < 1.29 is 18.3 Å². The molecular formula is C11H14F3NO. The van der Waals surface area contributed by atoms with E-state index in [4.69, 9.17) is 5.73 Å². The minimum atomic E-state index is -4.33. The minimum absolute atomic E-state index is 0.456. The van der Waals surface area contributed by atoms with Gasteiger partial charge in [-0.1, -0.05) is 12.1 Å². The summed E-state index contributed by atoms with van der Waals surface area (Å²) in [6.07, 6.45) is -3.98. The number of aliphatic hydroxyl groups excluding tert-OH is 1. The highest BCUT2D eigenvalue weighted by Gasteiger charge is 2.30. The fraction of sp³-hybridized carbons (Fsp3) is 0.455. The third-order valence-corrected chi connectivity index (χ3v) is 2.30. The number of aliphatic hydroxyl groups is 1. The lowest BCUT2D eigenvalue weighted by molar-refractivity contribution is -0.137. The number of benzene rings is 1. The lowest BCUT2D eigenvalue weighted by Gasteiger charge is -2.12.